The van der Waals surface area contributed by atoms with Crippen LogP contribution in [-0.2, 0) is 4.79 Å². The molecule has 0 aliphatic carbocycles. The number of carbonyl (C=O) groups is 1. The third-order valence-electron chi connectivity index (χ3n) is 3.52. The maximum Gasteiger partial charge on any atom is 0.308 e. The van der Waals surface area contributed by atoms with Crippen LogP contribution in [0.3, 0.4) is 0 Å². The van der Waals surface area contributed by atoms with Gasteiger partial charge in [-0.05, 0) is 35.9 Å². The van der Waals surface area contributed by atoms with Gasteiger partial charge >= 0.3 is 5.97 Å². The van der Waals surface area contributed by atoms with Gasteiger partial charge in [0, 0.05) is 24.9 Å². The van der Waals surface area contributed by atoms with Crippen LogP contribution >= 0.6 is 11.3 Å². The molecule has 0 amide bonds. The predicted molar refractivity (Wildman–Crippen MR) is 96.9 cm³/mol. The first-order chi connectivity index (χ1) is 12.6. The Morgan fingerprint density at radius 3 is 2.88 bits per heavy atom. The van der Waals surface area contributed by atoms with Crippen molar-refractivity contribution in [3.8, 4) is 17.1 Å². The second-order valence-corrected chi connectivity index (χ2v) is 6.46. The molecule has 3 heterocycles. The van der Waals surface area contributed by atoms with Gasteiger partial charge in [0.1, 0.15) is 5.75 Å². The molecule has 0 unspecified atom stereocenters. The number of fused-ring (bicyclic) bond motifs is 1. The van der Waals surface area contributed by atoms with Crippen molar-refractivity contribution in [1.82, 2.24) is 19.6 Å². The minimum atomic E-state index is -0.395. The van der Waals surface area contributed by atoms with Crippen LogP contribution in [0.1, 0.15) is 12.5 Å². The molecule has 0 fully saturated rings. The number of benzene rings is 1. The summed E-state index contributed by atoms with van der Waals surface area (Å²) in [7, 11) is 0. The van der Waals surface area contributed by atoms with Gasteiger partial charge in [0.15, 0.2) is 5.82 Å². The lowest BCUT2D eigenvalue weighted by molar-refractivity contribution is -0.131. The second-order valence-electron chi connectivity index (χ2n) is 5.45. The second kappa shape index (κ2) is 6.49. The summed E-state index contributed by atoms with van der Waals surface area (Å²) in [6.45, 7) is 1.34. The van der Waals surface area contributed by atoms with Gasteiger partial charge in [-0.15, -0.1) is 5.10 Å². The van der Waals surface area contributed by atoms with Crippen molar-refractivity contribution in [3.05, 3.63) is 69.2 Å². The van der Waals surface area contributed by atoms with Crippen molar-refractivity contribution in [1.29, 1.82) is 0 Å². The van der Waals surface area contributed by atoms with Crippen molar-refractivity contribution in [3.63, 3.8) is 0 Å². The molecule has 8 heteroatoms. The average Bonchev–Trinajstić information content (AvgIpc) is 3.16. The van der Waals surface area contributed by atoms with E-state index in [9.17, 15) is 9.59 Å². The highest BCUT2D eigenvalue weighted by atomic mass is 32.1. The fourth-order valence-corrected chi connectivity index (χ4v) is 3.34. The molecule has 0 radical (unpaired) electrons. The summed E-state index contributed by atoms with van der Waals surface area (Å²) in [5.41, 5.74) is 1.26. The van der Waals surface area contributed by atoms with Crippen molar-refractivity contribution < 1.29 is 9.53 Å². The molecule has 0 aliphatic heterocycles. The summed E-state index contributed by atoms with van der Waals surface area (Å²) in [6, 6.07) is 10.6. The smallest absolute Gasteiger partial charge is 0.308 e. The predicted octanol–water partition coefficient (Wildman–Crippen LogP) is 1.69. The number of nitrogens with zero attached hydrogens (tertiary/aromatic N) is 4. The normalized spacial score (nSPS) is 11.8. The highest BCUT2D eigenvalue weighted by Crippen LogP contribution is 2.16. The zero-order valence-corrected chi connectivity index (χ0v) is 14.4. The highest BCUT2D eigenvalue weighted by Gasteiger charge is 2.12. The van der Waals surface area contributed by atoms with Crippen LogP contribution in [0.5, 0.6) is 5.75 Å². The zero-order valence-electron chi connectivity index (χ0n) is 13.6. The van der Waals surface area contributed by atoms with E-state index in [1.54, 1.807) is 42.7 Å². The fraction of sp³-hybridized carbons (Fsp3) is 0.0556. The molecule has 4 rings (SSSR count). The SMILES string of the molecule is CC(=O)Oc1cccc(/C=c2\sc3nc(-c4cccnc4)nn3c2=O)c1. The minimum Gasteiger partial charge on any atom is -0.427 e. The van der Waals surface area contributed by atoms with E-state index in [0.29, 0.717) is 21.1 Å². The van der Waals surface area contributed by atoms with Crippen LogP contribution < -0.4 is 14.8 Å². The first-order valence-corrected chi connectivity index (χ1v) is 8.52. The van der Waals surface area contributed by atoms with Crippen LogP contribution in [0.2, 0.25) is 0 Å². The molecule has 0 saturated carbocycles. The van der Waals surface area contributed by atoms with Crippen LogP contribution in [0.15, 0.2) is 53.6 Å². The molecule has 26 heavy (non-hydrogen) atoms. The lowest BCUT2D eigenvalue weighted by atomic mass is 10.2. The van der Waals surface area contributed by atoms with E-state index in [2.05, 4.69) is 15.1 Å². The number of ether oxygens (including phenoxy) is 1. The topological polar surface area (TPSA) is 86.4 Å². The van der Waals surface area contributed by atoms with Gasteiger partial charge in [-0.25, -0.2) is 0 Å². The van der Waals surface area contributed by atoms with Crippen molar-refractivity contribution in [2.24, 2.45) is 0 Å². The van der Waals surface area contributed by atoms with Crippen molar-refractivity contribution in [2.75, 3.05) is 0 Å². The summed E-state index contributed by atoms with van der Waals surface area (Å²) < 4.78 is 6.85. The molecular weight excluding hydrogens is 352 g/mol. The Bertz CT molecular complexity index is 1210. The Morgan fingerprint density at radius 1 is 1.27 bits per heavy atom. The van der Waals surface area contributed by atoms with Crippen molar-refractivity contribution >= 4 is 28.3 Å². The molecule has 0 saturated heterocycles. The maximum atomic E-state index is 12.6. The number of carbonyl (C=O) groups excluding carboxylic acids is 1. The number of hydrogen-bond donors (Lipinski definition) is 0. The quantitative estimate of drug-likeness (QED) is 0.406. The van der Waals surface area contributed by atoms with Gasteiger partial charge in [-0.1, -0.05) is 23.5 Å². The molecule has 0 N–H and O–H groups in total. The number of esters is 1. The molecule has 128 valence electrons. The zero-order chi connectivity index (χ0) is 18.1. The number of pyridine rings is 1. The van der Waals surface area contributed by atoms with Gasteiger partial charge in [0.2, 0.25) is 4.96 Å². The standard InChI is InChI=1S/C18H12N4O3S/c1-11(23)25-14-6-2-4-12(8-14)9-15-17(24)22-18(26-15)20-16(21-22)13-5-3-7-19-10-13/h2-10H,1H3/b15-9-. The summed E-state index contributed by atoms with van der Waals surface area (Å²) in [5.74, 6) is 0.496. The van der Waals surface area contributed by atoms with E-state index in [1.165, 1.54) is 22.8 Å². The molecule has 0 bridgehead atoms. The minimum absolute atomic E-state index is 0.245. The van der Waals surface area contributed by atoms with Crippen LogP contribution in [-0.4, -0.2) is 25.6 Å². The molecule has 1 aromatic carbocycles. The molecule has 0 aliphatic rings. The van der Waals surface area contributed by atoms with E-state index in [1.807, 2.05) is 12.1 Å². The Balaban J connectivity index is 1.75. The van der Waals surface area contributed by atoms with E-state index in [0.717, 1.165) is 11.1 Å². The lowest BCUT2D eigenvalue weighted by Gasteiger charge is -2.01. The molecule has 4 aromatic rings. The summed E-state index contributed by atoms with van der Waals surface area (Å²) in [4.78, 5) is 32.6. The maximum absolute atomic E-state index is 12.6. The molecule has 7 nitrogen and oxygen atoms in total. The van der Waals surface area contributed by atoms with E-state index >= 15 is 0 Å². The van der Waals surface area contributed by atoms with Gasteiger partial charge in [0.25, 0.3) is 5.56 Å². The largest absolute Gasteiger partial charge is 0.427 e. The van der Waals surface area contributed by atoms with Crippen LogP contribution in [0, 0.1) is 0 Å². The molecule has 0 spiro atoms. The Labute approximate surface area is 151 Å². The lowest BCUT2D eigenvalue weighted by Crippen LogP contribution is -2.23. The summed E-state index contributed by atoms with van der Waals surface area (Å²) in [5, 5.41) is 4.28. The molecule has 3 aromatic heterocycles. The molecule has 0 atom stereocenters. The monoisotopic (exact) mass is 364 g/mol. The number of aromatic nitrogens is 4. The number of thiazole rings is 1. The third kappa shape index (κ3) is 3.09. The average molecular weight is 364 g/mol. The van der Waals surface area contributed by atoms with Crippen LogP contribution in [0.4, 0.5) is 0 Å². The van der Waals surface area contributed by atoms with Gasteiger partial charge in [-0.2, -0.15) is 9.50 Å². The van der Waals surface area contributed by atoms with E-state index in [4.69, 9.17) is 4.74 Å². The van der Waals surface area contributed by atoms with E-state index < -0.39 is 5.97 Å². The van der Waals surface area contributed by atoms with Crippen molar-refractivity contribution in [2.45, 2.75) is 6.92 Å². The van der Waals surface area contributed by atoms with Gasteiger partial charge in [-0.3, -0.25) is 14.6 Å². The first kappa shape index (κ1) is 16.1. The Hall–Kier alpha value is -3.39. The first-order valence-electron chi connectivity index (χ1n) is 7.70. The molecular formula is C18H12N4O3S. The Morgan fingerprint density at radius 2 is 2.15 bits per heavy atom. The van der Waals surface area contributed by atoms with Gasteiger partial charge in [0.05, 0.1) is 4.53 Å². The number of rotatable bonds is 3. The Kier molecular flexibility index (Phi) is 4.02. The summed E-state index contributed by atoms with van der Waals surface area (Å²) >= 11 is 1.25. The van der Waals surface area contributed by atoms with Crippen LogP contribution in [0.25, 0.3) is 22.4 Å². The summed E-state index contributed by atoms with van der Waals surface area (Å²) in [6.07, 6.45) is 5.04. The third-order valence-corrected chi connectivity index (χ3v) is 4.48. The van der Waals surface area contributed by atoms with E-state index in [-0.39, 0.29) is 5.56 Å². The fourth-order valence-electron chi connectivity index (χ4n) is 2.44. The van der Waals surface area contributed by atoms with Gasteiger partial charge < -0.3 is 4.74 Å². The number of hydrogen-bond acceptors (Lipinski definition) is 7. The highest BCUT2D eigenvalue weighted by molar-refractivity contribution is 7.15.